The highest BCUT2D eigenvalue weighted by atomic mass is 35.5. The van der Waals surface area contributed by atoms with Crippen LogP contribution in [0.15, 0.2) is 23.4 Å². The van der Waals surface area contributed by atoms with E-state index in [9.17, 15) is 4.79 Å². The molecule has 0 unspecified atom stereocenters. The Morgan fingerprint density at radius 1 is 1.29 bits per heavy atom. The van der Waals surface area contributed by atoms with Gasteiger partial charge in [0.25, 0.3) is 0 Å². The number of nitrogens with one attached hydrogen (secondary N) is 1. The summed E-state index contributed by atoms with van der Waals surface area (Å²) in [5.41, 5.74) is 1.08. The molecule has 1 heterocycles. The molecular formula is C20H27ClN4O2S. The summed E-state index contributed by atoms with van der Waals surface area (Å²) >= 11 is 7.56. The molecule has 3 rings (SSSR count). The molecule has 0 aliphatic heterocycles. The van der Waals surface area contributed by atoms with Crippen molar-refractivity contribution in [3.63, 3.8) is 0 Å². The maximum atomic E-state index is 12.3. The lowest BCUT2D eigenvalue weighted by atomic mass is 10.1. The SMILES string of the molecule is Cc1ccc(Cl)c(OCc2nnc(SCC(=O)NC3CCCCCC3)n2C)c1. The van der Waals surface area contributed by atoms with Gasteiger partial charge in [-0.2, -0.15) is 0 Å². The van der Waals surface area contributed by atoms with Crippen molar-refractivity contribution in [2.45, 2.75) is 63.3 Å². The summed E-state index contributed by atoms with van der Waals surface area (Å²) in [6, 6.07) is 5.97. The van der Waals surface area contributed by atoms with E-state index in [1.54, 1.807) is 0 Å². The van der Waals surface area contributed by atoms with E-state index in [-0.39, 0.29) is 12.5 Å². The van der Waals surface area contributed by atoms with Gasteiger partial charge in [-0.05, 0) is 37.5 Å². The van der Waals surface area contributed by atoms with Crippen LogP contribution in [-0.4, -0.2) is 32.5 Å². The predicted octanol–water partition coefficient (Wildman–Crippen LogP) is 4.29. The first-order chi connectivity index (χ1) is 13.5. The Morgan fingerprint density at radius 2 is 2.04 bits per heavy atom. The van der Waals surface area contributed by atoms with Gasteiger partial charge in [-0.3, -0.25) is 4.79 Å². The Hall–Kier alpha value is -1.73. The van der Waals surface area contributed by atoms with Crippen LogP contribution in [0.25, 0.3) is 0 Å². The number of aromatic nitrogens is 3. The number of benzene rings is 1. The third-order valence-corrected chi connectivity index (χ3v) is 6.25. The molecule has 0 atom stereocenters. The lowest BCUT2D eigenvalue weighted by Gasteiger charge is -2.15. The van der Waals surface area contributed by atoms with Crippen LogP contribution in [0.5, 0.6) is 5.75 Å². The number of halogens is 1. The van der Waals surface area contributed by atoms with E-state index in [0.29, 0.717) is 33.5 Å². The smallest absolute Gasteiger partial charge is 0.230 e. The van der Waals surface area contributed by atoms with E-state index in [1.165, 1.54) is 37.4 Å². The van der Waals surface area contributed by atoms with E-state index >= 15 is 0 Å². The molecule has 2 aromatic rings. The summed E-state index contributed by atoms with van der Waals surface area (Å²) in [5.74, 6) is 1.71. The summed E-state index contributed by atoms with van der Waals surface area (Å²) in [5, 5.41) is 12.8. The molecule has 6 nitrogen and oxygen atoms in total. The third-order valence-electron chi connectivity index (χ3n) is 4.92. The highest BCUT2D eigenvalue weighted by Crippen LogP contribution is 2.26. The van der Waals surface area contributed by atoms with Crippen LogP contribution in [0.1, 0.15) is 49.9 Å². The summed E-state index contributed by atoms with van der Waals surface area (Å²) in [4.78, 5) is 12.3. The number of rotatable bonds is 7. The molecule has 1 aromatic carbocycles. The minimum atomic E-state index is 0.0595. The van der Waals surface area contributed by atoms with Crippen LogP contribution in [0.2, 0.25) is 5.02 Å². The van der Waals surface area contributed by atoms with Crippen LogP contribution in [0.3, 0.4) is 0 Å². The monoisotopic (exact) mass is 422 g/mol. The van der Waals surface area contributed by atoms with E-state index in [1.807, 2.05) is 36.7 Å². The van der Waals surface area contributed by atoms with Crippen LogP contribution in [0, 0.1) is 6.92 Å². The zero-order chi connectivity index (χ0) is 19.9. The first-order valence-corrected chi connectivity index (χ1v) is 11.1. The van der Waals surface area contributed by atoms with Crippen LogP contribution in [0.4, 0.5) is 0 Å². The van der Waals surface area contributed by atoms with Crippen LogP contribution < -0.4 is 10.1 Å². The summed E-state index contributed by atoms with van der Waals surface area (Å²) in [6.45, 7) is 2.25. The van der Waals surface area contributed by atoms with E-state index in [0.717, 1.165) is 18.4 Å². The molecule has 0 spiro atoms. The Kier molecular flexibility index (Phi) is 7.62. The van der Waals surface area contributed by atoms with E-state index in [2.05, 4.69) is 15.5 Å². The zero-order valence-electron chi connectivity index (χ0n) is 16.4. The molecule has 1 N–H and O–H groups in total. The van der Waals surface area contributed by atoms with Gasteiger partial charge in [0.15, 0.2) is 11.0 Å². The maximum absolute atomic E-state index is 12.3. The van der Waals surface area contributed by atoms with Crippen molar-refractivity contribution < 1.29 is 9.53 Å². The van der Waals surface area contributed by atoms with Crippen molar-refractivity contribution in [2.75, 3.05) is 5.75 Å². The molecule has 1 aromatic heterocycles. The number of aryl methyl sites for hydroxylation is 1. The first-order valence-electron chi connectivity index (χ1n) is 9.72. The number of hydrogen-bond donors (Lipinski definition) is 1. The highest BCUT2D eigenvalue weighted by molar-refractivity contribution is 7.99. The topological polar surface area (TPSA) is 69.0 Å². The van der Waals surface area contributed by atoms with E-state index in [4.69, 9.17) is 16.3 Å². The van der Waals surface area contributed by atoms with Gasteiger partial charge in [0.2, 0.25) is 5.91 Å². The van der Waals surface area contributed by atoms with Crippen LogP contribution >= 0.6 is 23.4 Å². The third kappa shape index (κ3) is 5.88. The maximum Gasteiger partial charge on any atom is 0.230 e. The van der Waals surface area contributed by atoms with Crippen LogP contribution in [-0.2, 0) is 18.4 Å². The van der Waals surface area contributed by atoms with Gasteiger partial charge < -0.3 is 14.6 Å². The molecule has 28 heavy (non-hydrogen) atoms. The van der Waals surface area contributed by atoms with Crippen molar-refractivity contribution in [1.82, 2.24) is 20.1 Å². The van der Waals surface area contributed by atoms with Crippen molar-refractivity contribution in [2.24, 2.45) is 7.05 Å². The highest BCUT2D eigenvalue weighted by Gasteiger charge is 2.16. The molecular weight excluding hydrogens is 396 g/mol. The number of hydrogen-bond acceptors (Lipinski definition) is 5. The average Bonchev–Trinajstić information content (AvgIpc) is 2.85. The molecule has 8 heteroatoms. The number of nitrogens with zero attached hydrogens (tertiary/aromatic N) is 3. The molecule has 1 fully saturated rings. The molecule has 1 saturated carbocycles. The summed E-state index contributed by atoms with van der Waals surface area (Å²) in [7, 11) is 1.88. The average molecular weight is 423 g/mol. The second-order valence-corrected chi connectivity index (χ2v) is 8.57. The summed E-state index contributed by atoms with van der Waals surface area (Å²) < 4.78 is 7.65. The predicted molar refractivity (Wildman–Crippen MR) is 112 cm³/mol. The largest absolute Gasteiger partial charge is 0.484 e. The second-order valence-electron chi connectivity index (χ2n) is 7.23. The fourth-order valence-corrected chi connectivity index (χ4v) is 4.20. The second kappa shape index (κ2) is 10.2. The van der Waals surface area contributed by atoms with Gasteiger partial charge in [-0.1, -0.05) is 55.1 Å². The number of ether oxygens (including phenoxy) is 1. The number of carbonyl (C=O) groups is 1. The Morgan fingerprint density at radius 3 is 2.79 bits per heavy atom. The first kappa shape index (κ1) is 21.0. The van der Waals surface area contributed by atoms with Gasteiger partial charge in [0.1, 0.15) is 12.4 Å². The molecule has 0 bridgehead atoms. The van der Waals surface area contributed by atoms with Crippen molar-refractivity contribution in [3.8, 4) is 5.75 Å². The van der Waals surface area contributed by atoms with Gasteiger partial charge in [0, 0.05) is 13.1 Å². The lowest BCUT2D eigenvalue weighted by Crippen LogP contribution is -2.35. The minimum Gasteiger partial charge on any atom is -0.484 e. The minimum absolute atomic E-state index is 0.0595. The standard InChI is InChI=1S/C20H27ClN4O2S/c1-14-9-10-16(21)17(11-14)27-12-18-23-24-20(25(18)2)28-13-19(26)22-15-7-5-3-4-6-8-15/h9-11,15H,3-8,12-13H2,1-2H3,(H,22,26). The summed E-state index contributed by atoms with van der Waals surface area (Å²) in [6.07, 6.45) is 7.13. The van der Waals surface area contributed by atoms with Gasteiger partial charge in [-0.25, -0.2) is 0 Å². The normalized spacial score (nSPS) is 15.2. The number of amides is 1. The molecule has 1 aliphatic carbocycles. The number of thioether (sulfide) groups is 1. The molecule has 152 valence electrons. The Bertz CT molecular complexity index is 803. The van der Waals surface area contributed by atoms with Gasteiger partial charge in [-0.15, -0.1) is 10.2 Å². The molecule has 0 radical (unpaired) electrons. The van der Waals surface area contributed by atoms with Crippen molar-refractivity contribution in [1.29, 1.82) is 0 Å². The Labute approximate surface area is 175 Å². The van der Waals surface area contributed by atoms with E-state index < -0.39 is 0 Å². The molecule has 0 saturated heterocycles. The molecule has 1 amide bonds. The van der Waals surface area contributed by atoms with Gasteiger partial charge >= 0.3 is 0 Å². The van der Waals surface area contributed by atoms with Crippen molar-refractivity contribution >= 4 is 29.3 Å². The van der Waals surface area contributed by atoms with Gasteiger partial charge in [0.05, 0.1) is 10.8 Å². The Balaban J connectivity index is 1.50. The quantitative estimate of drug-likeness (QED) is 0.532. The molecule has 1 aliphatic rings. The fraction of sp³-hybridized carbons (Fsp3) is 0.550. The lowest BCUT2D eigenvalue weighted by molar-refractivity contribution is -0.119. The zero-order valence-corrected chi connectivity index (χ0v) is 18.0. The number of carbonyl (C=O) groups excluding carboxylic acids is 1. The van der Waals surface area contributed by atoms with Crippen molar-refractivity contribution in [3.05, 3.63) is 34.6 Å². The fourth-order valence-electron chi connectivity index (χ4n) is 3.28.